The predicted molar refractivity (Wildman–Crippen MR) is 100 cm³/mol. The lowest BCUT2D eigenvalue weighted by Crippen LogP contribution is -2.18. The molecule has 0 saturated carbocycles. The van der Waals surface area contributed by atoms with Crippen LogP contribution in [0, 0.1) is 0 Å². The topological polar surface area (TPSA) is 21.3 Å². The van der Waals surface area contributed by atoms with Gasteiger partial charge in [0.2, 0.25) is 0 Å². The molecule has 0 saturated heterocycles. The van der Waals surface area contributed by atoms with Gasteiger partial charge in [-0.1, -0.05) is 66.7 Å². The minimum Gasteiger partial charge on any atom is -0.496 e. The van der Waals surface area contributed by atoms with Crippen molar-refractivity contribution in [2.75, 3.05) is 7.11 Å². The molecule has 0 aliphatic rings. The minimum atomic E-state index is 0.313. The Morgan fingerprint density at radius 2 is 1.54 bits per heavy atom. The lowest BCUT2D eigenvalue weighted by Gasteiger charge is -2.16. The van der Waals surface area contributed by atoms with Crippen LogP contribution in [0.1, 0.15) is 24.1 Å². The molecule has 0 bridgehead atoms. The van der Waals surface area contributed by atoms with Crippen LogP contribution >= 0.6 is 0 Å². The SMILES string of the molecule is COc1ccc(CN[C@H](C)c2ccccc2)cc1-c1ccccc1. The van der Waals surface area contributed by atoms with Crippen LogP contribution in [-0.4, -0.2) is 7.11 Å². The van der Waals surface area contributed by atoms with Crippen molar-refractivity contribution in [3.8, 4) is 16.9 Å². The van der Waals surface area contributed by atoms with E-state index < -0.39 is 0 Å². The molecule has 1 atom stereocenters. The quantitative estimate of drug-likeness (QED) is 0.673. The highest BCUT2D eigenvalue weighted by atomic mass is 16.5. The molecule has 24 heavy (non-hydrogen) atoms. The first kappa shape index (κ1) is 16.3. The van der Waals surface area contributed by atoms with Gasteiger partial charge in [-0.15, -0.1) is 0 Å². The summed E-state index contributed by atoms with van der Waals surface area (Å²) < 4.78 is 5.53. The number of ether oxygens (including phenoxy) is 1. The van der Waals surface area contributed by atoms with E-state index in [4.69, 9.17) is 4.74 Å². The molecule has 0 unspecified atom stereocenters. The van der Waals surface area contributed by atoms with Gasteiger partial charge in [0.05, 0.1) is 7.11 Å². The van der Waals surface area contributed by atoms with Gasteiger partial charge < -0.3 is 10.1 Å². The molecule has 1 N–H and O–H groups in total. The summed E-state index contributed by atoms with van der Waals surface area (Å²) in [5, 5.41) is 3.59. The number of hydrogen-bond acceptors (Lipinski definition) is 2. The van der Waals surface area contributed by atoms with Gasteiger partial charge in [-0.25, -0.2) is 0 Å². The minimum absolute atomic E-state index is 0.313. The molecule has 0 aliphatic carbocycles. The first-order valence-corrected chi connectivity index (χ1v) is 8.28. The van der Waals surface area contributed by atoms with Gasteiger partial charge in [-0.2, -0.15) is 0 Å². The van der Waals surface area contributed by atoms with E-state index in [1.54, 1.807) is 7.11 Å². The van der Waals surface area contributed by atoms with Gasteiger partial charge in [0.15, 0.2) is 0 Å². The van der Waals surface area contributed by atoms with Crippen molar-refractivity contribution in [3.63, 3.8) is 0 Å². The highest BCUT2D eigenvalue weighted by Gasteiger charge is 2.08. The van der Waals surface area contributed by atoms with Crippen LogP contribution in [0.25, 0.3) is 11.1 Å². The molecule has 122 valence electrons. The van der Waals surface area contributed by atoms with Crippen LogP contribution in [0.4, 0.5) is 0 Å². The van der Waals surface area contributed by atoms with Crippen LogP contribution in [0.5, 0.6) is 5.75 Å². The molecule has 3 aromatic carbocycles. The monoisotopic (exact) mass is 317 g/mol. The molecule has 0 heterocycles. The zero-order chi connectivity index (χ0) is 16.8. The van der Waals surface area contributed by atoms with E-state index in [1.165, 1.54) is 16.7 Å². The molecule has 2 heteroatoms. The van der Waals surface area contributed by atoms with E-state index >= 15 is 0 Å². The van der Waals surface area contributed by atoms with E-state index in [9.17, 15) is 0 Å². The Morgan fingerprint density at radius 3 is 2.21 bits per heavy atom. The van der Waals surface area contributed by atoms with E-state index in [1.807, 2.05) is 18.2 Å². The summed E-state index contributed by atoms with van der Waals surface area (Å²) in [6, 6.07) is 27.6. The summed E-state index contributed by atoms with van der Waals surface area (Å²) in [7, 11) is 1.72. The number of nitrogens with one attached hydrogen (secondary N) is 1. The third kappa shape index (κ3) is 3.84. The average Bonchev–Trinajstić information content (AvgIpc) is 2.67. The molecule has 0 aliphatic heterocycles. The normalized spacial score (nSPS) is 11.9. The zero-order valence-electron chi connectivity index (χ0n) is 14.2. The summed E-state index contributed by atoms with van der Waals surface area (Å²) in [4.78, 5) is 0. The van der Waals surface area contributed by atoms with Gasteiger partial charge in [0.1, 0.15) is 5.75 Å². The Bertz CT molecular complexity index is 768. The molecule has 0 radical (unpaired) electrons. The van der Waals surface area contributed by atoms with Crippen molar-refractivity contribution >= 4 is 0 Å². The summed E-state index contributed by atoms with van der Waals surface area (Å²) in [6.45, 7) is 3.01. The lowest BCUT2D eigenvalue weighted by molar-refractivity contribution is 0.416. The largest absolute Gasteiger partial charge is 0.496 e. The fraction of sp³-hybridized carbons (Fsp3) is 0.182. The molecule has 0 fully saturated rings. The standard InChI is InChI=1S/C22H23NO/c1-17(19-9-5-3-6-10-19)23-16-18-13-14-22(24-2)21(15-18)20-11-7-4-8-12-20/h3-15,17,23H,16H2,1-2H3/t17-/m1/s1. The highest BCUT2D eigenvalue weighted by molar-refractivity contribution is 5.71. The molecule has 2 nitrogen and oxygen atoms in total. The maximum atomic E-state index is 5.53. The summed E-state index contributed by atoms with van der Waals surface area (Å²) in [5.74, 6) is 0.904. The van der Waals surface area contributed by atoms with E-state index in [2.05, 4.69) is 72.9 Å². The first-order valence-electron chi connectivity index (χ1n) is 8.28. The Hall–Kier alpha value is -2.58. The third-order valence-corrected chi connectivity index (χ3v) is 4.26. The van der Waals surface area contributed by atoms with Crippen molar-refractivity contribution in [1.29, 1.82) is 0 Å². The molecule has 0 spiro atoms. The van der Waals surface area contributed by atoms with Gasteiger partial charge in [-0.05, 0) is 35.7 Å². The van der Waals surface area contributed by atoms with Crippen LogP contribution in [-0.2, 0) is 6.54 Å². The summed E-state index contributed by atoms with van der Waals surface area (Å²) in [6.07, 6.45) is 0. The number of rotatable bonds is 6. The van der Waals surface area contributed by atoms with Crippen molar-refractivity contribution in [3.05, 3.63) is 90.0 Å². The van der Waals surface area contributed by atoms with E-state index in [-0.39, 0.29) is 0 Å². The van der Waals surface area contributed by atoms with E-state index in [0.717, 1.165) is 17.9 Å². The molecule has 3 aromatic rings. The van der Waals surface area contributed by atoms with Crippen LogP contribution in [0.3, 0.4) is 0 Å². The van der Waals surface area contributed by atoms with E-state index in [0.29, 0.717) is 6.04 Å². The van der Waals surface area contributed by atoms with Crippen LogP contribution in [0.2, 0.25) is 0 Å². The molecule has 3 rings (SSSR count). The Balaban J connectivity index is 1.77. The average molecular weight is 317 g/mol. The fourth-order valence-corrected chi connectivity index (χ4v) is 2.84. The molecular weight excluding hydrogens is 294 g/mol. The molecule has 0 aromatic heterocycles. The zero-order valence-corrected chi connectivity index (χ0v) is 14.2. The second kappa shape index (κ2) is 7.80. The Morgan fingerprint density at radius 1 is 0.875 bits per heavy atom. The maximum absolute atomic E-state index is 5.53. The lowest BCUT2D eigenvalue weighted by atomic mass is 10.0. The smallest absolute Gasteiger partial charge is 0.126 e. The van der Waals surface area contributed by atoms with Crippen LogP contribution < -0.4 is 10.1 Å². The molecular formula is C22H23NO. The highest BCUT2D eigenvalue weighted by Crippen LogP contribution is 2.30. The van der Waals surface area contributed by atoms with Gasteiger partial charge in [0.25, 0.3) is 0 Å². The maximum Gasteiger partial charge on any atom is 0.126 e. The fourth-order valence-electron chi connectivity index (χ4n) is 2.84. The predicted octanol–water partition coefficient (Wildman–Crippen LogP) is 5.21. The van der Waals surface area contributed by atoms with Crippen molar-refractivity contribution in [1.82, 2.24) is 5.32 Å². The Labute approximate surface area is 144 Å². The second-order valence-electron chi connectivity index (χ2n) is 5.91. The van der Waals surface area contributed by atoms with Gasteiger partial charge in [0, 0.05) is 18.2 Å². The van der Waals surface area contributed by atoms with Gasteiger partial charge in [-0.3, -0.25) is 0 Å². The Kier molecular flexibility index (Phi) is 5.29. The molecule has 0 amide bonds. The summed E-state index contributed by atoms with van der Waals surface area (Å²) in [5.41, 5.74) is 4.85. The van der Waals surface area contributed by atoms with Crippen molar-refractivity contribution in [2.45, 2.75) is 19.5 Å². The number of hydrogen-bond donors (Lipinski definition) is 1. The summed E-state index contributed by atoms with van der Waals surface area (Å²) >= 11 is 0. The third-order valence-electron chi connectivity index (χ3n) is 4.26. The van der Waals surface area contributed by atoms with Crippen LogP contribution in [0.15, 0.2) is 78.9 Å². The van der Waals surface area contributed by atoms with Crippen molar-refractivity contribution < 1.29 is 4.74 Å². The second-order valence-corrected chi connectivity index (χ2v) is 5.91. The van der Waals surface area contributed by atoms with Crippen molar-refractivity contribution in [2.24, 2.45) is 0 Å². The van der Waals surface area contributed by atoms with Gasteiger partial charge >= 0.3 is 0 Å². The first-order chi connectivity index (χ1) is 11.8. The number of methoxy groups -OCH3 is 1. The number of benzene rings is 3.